The SMILES string of the molecule is Cc1ccc2nc(C3(N)CCCCC3)oc2c1. The van der Waals surface area contributed by atoms with E-state index in [2.05, 4.69) is 18.0 Å². The van der Waals surface area contributed by atoms with E-state index in [0.29, 0.717) is 0 Å². The molecular weight excluding hydrogens is 212 g/mol. The molecule has 17 heavy (non-hydrogen) atoms. The Kier molecular flexibility index (Phi) is 2.44. The lowest BCUT2D eigenvalue weighted by molar-refractivity contribution is 0.248. The standard InChI is InChI=1S/C14H18N2O/c1-10-5-6-11-12(9-10)17-13(16-11)14(15)7-3-2-4-8-14/h5-6,9H,2-4,7-8,15H2,1H3. The largest absolute Gasteiger partial charge is 0.439 e. The first-order valence-electron chi connectivity index (χ1n) is 6.34. The van der Waals surface area contributed by atoms with Crippen LogP contribution in [0, 0.1) is 6.92 Å². The van der Waals surface area contributed by atoms with Gasteiger partial charge in [-0.25, -0.2) is 4.98 Å². The third-order valence-corrected chi connectivity index (χ3v) is 3.72. The average Bonchev–Trinajstić information content (AvgIpc) is 2.73. The fourth-order valence-corrected chi connectivity index (χ4v) is 2.64. The van der Waals surface area contributed by atoms with Crippen LogP contribution in [0.25, 0.3) is 11.1 Å². The lowest BCUT2D eigenvalue weighted by Crippen LogP contribution is -2.38. The van der Waals surface area contributed by atoms with E-state index in [-0.39, 0.29) is 5.54 Å². The second-order valence-corrected chi connectivity index (χ2v) is 5.21. The van der Waals surface area contributed by atoms with Crippen LogP contribution < -0.4 is 5.73 Å². The number of nitrogens with zero attached hydrogens (tertiary/aromatic N) is 1. The number of benzene rings is 1. The second-order valence-electron chi connectivity index (χ2n) is 5.21. The predicted octanol–water partition coefficient (Wildman–Crippen LogP) is 3.25. The zero-order valence-corrected chi connectivity index (χ0v) is 10.2. The van der Waals surface area contributed by atoms with Crippen molar-refractivity contribution in [1.29, 1.82) is 0 Å². The van der Waals surface area contributed by atoms with Crippen LogP contribution in [0.3, 0.4) is 0 Å². The number of aryl methyl sites for hydroxylation is 1. The summed E-state index contributed by atoms with van der Waals surface area (Å²) >= 11 is 0. The first kappa shape index (κ1) is 10.8. The van der Waals surface area contributed by atoms with Gasteiger partial charge in [-0.3, -0.25) is 0 Å². The van der Waals surface area contributed by atoms with Crippen LogP contribution in [0.15, 0.2) is 22.6 Å². The maximum Gasteiger partial charge on any atom is 0.215 e. The smallest absolute Gasteiger partial charge is 0.215 e. The van der Waals surface area contributed by atoms with Gasteiger partial charge in [0, 0.05) is 0 Å². The van der Waals surface area contributed by atoms with E-state index in [9.17, 15) is 0 Å². The molecule has 90 valence electrons. The van der Waals surface area contributed by atoms with Gasteiger partial charge in [0.2, 0.25) is 5.89 Å². The second kappa shape index (κ2) is 3.84. The van der Waals surface area contributed by atoms with Crippen molar-refractivity contribution in [3.8, 4) is 0 Å². The van der Waals surface area contributed by atoms with Gasteiger partial charge in [0.25, 0.3) is 0 Å². The number of hydrogen-bond donors (Lipinski definition) is 1. The molecule has 3 nitrogen and oxygen atoms in total. The van der Waals surface area contributed by atoms with Gasteiger partial charge < -0.3 is 10.2 Å². The van der Waals surface area contributed by atoms with Crippen molar-refractivity contribution in [2.75, 3.05) is 0 Å². The van der Waals surface area contributed by atoms with Crippen LogP contribution >= 0.6 is 0 Å². The third kappa shape index (κ3) is 1.84. The maximum absolute atomic E-state index is 6.43. The molecule has 1 aromatic carbocycles. The van der Waals surface area contributed by atoms with Crippen LogP contribution in [0.4, 0.5) is 0 Å². The lowest BCUT2D eigenvalue weighted by atomic mass is 9.82. The summed E-state index contributed by atoms with van der Waals surface area (Å²) in [5, 5.41) is 0. The van der Waals surface area contributed by atoms with Crippen molar-refractivity contribution in [2.45, 2.75) is 44.6 Å². The van der Waals surface area contributed by atoms with Gasteiger partial charge in [0.15, 0.2) is 5.58 Å². The normalized spacial score (nSPS) is 19.6. The van der Waals surface area contributed by atoms with E-state index in [1.54, 1.807) is 0 Å². The minimum absolute atomic E-state index is 0.342. The molecule has 0 aliphatic heterocycles. The van der Waals surface area contributed by atoms with Gasteiger partial charge in [-0.15, -0.1) is 0 Å². The van der Waals surface area contributed by atoms with Gasteiger partial charge >= 0.3 is 0 Å². The summed E-state index contributed by atoms with van der Waals surface area (Å²) in [5.41, 5.74) is 9.05. The first-order valence-corrected chi connectivity index (χ1v) is 6.34. The van der Waals surface area contributed by atoms with Crippen molar-refractivity contribution >= 4 is 11.1 Å². The zero-order chi connectivity index (χ0) is 11.9. The summed E-state index contributed by atoms with van der Waals surface area (Å²) < 4.78 is 5.86. The summed E-state index contributed by atoms with van der Waals surface area (Å²) in [7, 11) is 0. The van der Waals surface area contributed by atoms with Crippen LogP contribution in [0.2, 0.25) is 0 Å². The van der Waals surface area contributed by atoms with Gasteiger partial charge in [-0.2, -0.15) is 0 Å². The monoisotopic (exact) mass is 230 g/mol. The molecule has 1 aliphatic rings. The molecule has 2 N–H and O–H groups in total. The summed E-state index contributed by atoms with van der Waals surface area (Å²) in [5.74, 6) is 0.720. The summed E-state index contributed by atoms with van der Waals surface area (Å²) in [6.45, 7) is 2.06. The van der Waals surface area contributed by atoms with E-state index >= 15 is 0 Å². The van der Waals surface area contributed by atoms with E-state index in [0.717, 1.165) is 29.8 Å². The van der Waals surface area contributed by atoms with E-state index < -0.39 is 0 Å². The van der Waals surface area contributed by atoms with Gasteiger partial charge in [-0.1, -0.05) is 25.3 Å². The minimum Gasteiger partial charge on any atom is -0.439 e. The molecule has 1 aromatic heterocycles. The van der Waals surface area contributed by atoms with Crippen molar-refractivity contribution < 1.29 is 4.42 Å². The quantitative estimate of drug-likeness (QED) is 0.818. The van der Waals surface area contributed by atoms with Gasteiger partial charge in [-0.05, 0) is 37.5 Å². The lowest BCUT2D eigenvalue weighted by Gasteiger charge is -2.29. The number of hydrogen-bond acceptors (Lipinski definition) is 3. The minimum atomic E-state index is -0.342. The van der Waals surface area contributed by atoms with Gasteiger partial charge in [0.05, 0.1) is 5.54 Å². The molecule has 3 heteroatoms. The number of rotatable bonds is 1. The molecule has 0 unspecified atom stereocenters. The highest BCUT2D eigenvalue weighted by Crippen LogP contribution is 2.35. The predicted molar refractivity (Wildman–Crippen MR) is 67.7 cm³/mol. The van der Waals surface area contributed by atoms with Crippen molar-refractivity contribution in [3.63, 3.8) is 0 Å². The molecule has 0 bridgehead atoms. The van der Waals surface area contributed by atoms with Crippen LogP contribution in [-0.4, -0.2) is 4.98 Å². The third-order valence-electron chi connectivity index (χ3n) is 3.72. The Bertz CT molecular complexity index is 538. The number of nitrogens with two attached hydrogens (primary N) is 1. The van der Waals surface area contributed by atoms with Crippen molar-refractivity contribution in [3.05, 3.63) is 29.7 Å². The summed E-state index contributed by atoms with van der Waals surface area (Å²) in [6, 6.07) is 6.08. The molecule has 1 saturated carbocycles. The Balaban J connectivity index is 2.05. The number of aromatic nitrogens is 1. The van der Waals surface area contributed by atoms with Crippen LogP contribution in [0.1, 0.15) is 43.6 Å². The van der Waals surface area contributed by atoms with E-state index in [1.165, 1.54) is 24.8 Å². The average molecular weight is 230 g/mol. The molecule has 0 spiro atoms. The first-order chi connectivity index (χ1) is 8.17. The fourth-order valence-electron chi connectivity index (χ4n) is 2.64. The number of oxazole rings is 1. The molecule has 0 radical (unpaired) electrons. The Morgan fingerprint density at radius 2 is 2.00 bits per heavy atom. The summed E-state index contributed by atoms with van der Waals surface area (Å²) in [6.07, 6.45) is 5.60. The maximum atomic E-state index is 6.43. The molecule has 1 heterocycles. The molecule has 3 rings (SSSR count). The molecule has 1 fully saturated rings. The molecule has 0 saturated heterocycles. The molecule has 1 aliphatic carbocycles. The highest BCUT2D eigenvalue weighted by molar-refractivity contribution is 5.73. The van der Waals surface area contributed by atoms with Gasteiger partial charge in [0.1, 0.15) is 5.52 Å². The van der Waals surface area contributed by atoms with E-state index in [1.807, 2.05) is 12.1 Å². The Hall–Kier alpha value is -1.35. The Labute approximate surface area is 101 Å². The topological polar surface area (TPSA) is 52.0 Å². The zero-order valence-electron chi connectivity index (χ0n) is 10.2. The van der Waals surface area contributed by atoms with Crippen LogP contribution in [-0.2, 0) is 5.54 Å². The molecule has 2 aromatic rings. The van der Waals surface area contributed by atoms with E-state index in [4.69, 9.17) is 10.2 Å². The Morgan fingerprint density at radius 1 is 1.24 bits per heavy atom. The Morgan fingerprint density at radius 3 is 2.76 bits per heavy atom. The summed E-state index contributed by atoms with van der Waals surface area (Å²) in [4.78, 5) is 4.56. The van der Waals surface area contributed by atoms with Crippen molar-refractivity contribution in [1.82, 2.24) is 4.98 Å². The molecular formula is C14H18N2O. The van der Waals surface area contributed by atoms with Crippen molar-refractivity contribution in [2.24, 2.45) is 5.73 Å². The molecule has 0 atom stereocenters. The van der Waals surface area contributed by atoms with Crippen LogP contribution in [0.5, 0.6) is 0 Å². The highest BCUT2D eigenvalue weighted by Gasteiger charge is 2.34. The fraction of sp³-hybridized carbons (Fsp3) is 0.500. The highest BCUT2D eigenvalue weighted by atomic mass is 16.4. The molecule has 0 amide bonds. The number of fused-ring (bicyclic) bond motifs is 1.